The van der Waals surface area contributed by atoms with Crippen molar-refractivity contribution in [1.29, 1.82) is 5.26 Å². The highest BCUT2D eigenvalue weighted by atomic mass is 35.5. The van der Waals surface area contributed by atoms with Crippen molar-refractivity contribution in [1.82, 2.24) is 9.80 Å². The molecular formula is C18H26ClN3O. The largest absolute Gasteiger partial charge is 0.489 e. The first-order chi connectivity index (χ1) is 11.0. The summed E-state index contributed by atoms with van der Waals surface area (Å²) in [7, 11) is 0. The van der Waals surface area contributed by atoms with Crippen LogP contribution < -0.4 is 4.74 Å². The zero-order valence-corrected chi connectivity index (χ0v) is 15.2. The van der Waals surface area contributed by atoms with Gasteiger partial charge in [-0.2, -0.15) is 5.26 Å². The normalized spacial score (nSPS) is 21.2. The van der Waals surface area contributed by atoms with Gasteiger partial charge in [-0.3, -0.25) is 4.90 Å². The van der Waals surface area contributed by atoms with Gasteiger partial charge < -0.3 is 9.64 Å². The van der Waals surface area contributed by atoms with Crippen molar-refractivity contribution in [2.75, 3.05) is 26.2 Å². The summed E-state index contributed by atoms with van der Waals surface area (Å²) < 4.78 is 5.67. The highest BCUT2D eigenvalue weighted by Crippen LogP contribution is 2.32. The highest BCUT2D eigenvalue weighted by molar-refractivity contribution is 6.32. The molecular weight excluding hydrogens is 310 g/mol. The molecule has 1 fully saturated rings. The van der Waals surface area contributed by atoms with Gasteiger partial charge in [0.15, 0.2) is 0 Å². The van der Waals surface area contributed by atoms with E-state index in [-0.39, 0.29) is 12.1 Å². The topological polar surface area (TPSA) is 39.5 Å². The summed E-state index contributed by atoms with van der Waals surface area (Å²) in [6.45, 7) is 12.3. The second kappa shape index (κ2) is 8.01. The van der Waals surface area contributed by atoms with Crippen LogP contribution in [0.5, 0.6) is 5.75 Å². The summed E-state index contributed by atoms with van der Waals surface area (Å²) in [4.78, 5) is 4.68. The van der Waals surface area contributed by atoms with Crippen molar-refractivity contribution < 1.29 is 4.74 Å². The summed E-state index contributed by atoms with van der Waals surface area (Å²) in [6, 6.07) is 8.22. The number of piperazine rings is 1. The minimum absolute atomic E-state index is 0.0762. The third-order valence-corrected chi connectivity index (χ3v) is 4.59. The van der Waals surface area contributed by atoms with Crippen molar-refractivity contribution >= 4 is 11.6 Å². The summed E-state index contributed by atoms with van der Waals surface area (Å²) in [6.07, 6.45) is 0.0762. The molecule has 0 bridgehead atoms. The second-order valence-electron chi connectivity index (χ2n) is 6.37. The number of rotatable bonds is 5. The minimum atomic E-state index is -0.269. The van der Waals surface area contributed by atoms with Crippen LogP contribution in [0.2, 0.25) is 5.02 Å². The molecule has 2 rings (SSSR count). The molecule has 1 aromatic rings. The first-order valence-electron chi connectivity index (χ1n) is 8.30. The number of benzene rings is 1. The molecule has 5 heteroatoms. The Morgan fingerprint density at radius 2 is 2.13 bits per heavy atom. The maximum Gasteiger partial charge on any atom is 0.138 e. The number of halogens is 1. The number of hydrogen-bond acceptors (Lipinski definition) is 4. The van der Waals surface area contributed by atoms with E-state index in [0.29, 0.717) is 16.8 Å². The average Bonchev–Trinajstić information content (AvgIpc) is 2.51. The lowest BCUT2D eigenvalue weighted by Gasteiger charge is -2.41. The molecule has 0 spiro atoms. The van der Waals surface area contributed by atoms with Gasteiger partial charge in [-0.1, -0.05) is 24.6 Å². The van der Waals surface area contributed by atoms with Gasteiger partial charge in [0.05, 0.1) is 17.2 Å². The van der Waals surface area contributed by atoms with Gasteiger partial charge in [0.1, 0.15) is 11.8 Å². The summed E-state index contributed by atoms with van der Waals surface area (Å²) in [5, 5.41) is 10.3. The maximum absolute atomic E-state index is 9.70. The molecule has 23 heavy (non-hydrogen) atoms. The van der Waals surface area contributed by atoms with Crippen LogP contribution in [-0.4, -0.2) is 48.1 Å². The molecule has 0 radical (unpaired) electrons. The Bertz CT molecular complexity index is 570. The van der Waals surface area contributed by atoms with Gasteiger partial charge >= 0.3 is 0 Å². The van der Waals surface area contributed by atoms with E-state index in [4.69, 9.17) is 16.3 Å². The van der Waals surface area contributed by atoms with E-state index in [1.54, 1.807) is 0 Å². The van der Waals surface area contributed by atoms with Gasteiger partial charge in [-0.05, 0) is 45.0 Å². The Hall–Kier alpha value is -1.28. The summed E-state index contributed by atoms with van der Waals surface area (Å²) >= 11 is 6.33. The van der Waals surface area contributed by atoms with Gasteiger partial charge in [0.25, 0.3) is 0 Å². The van der Waals surface area contributed by atoms with E-state index in [9.17, 15) is 5.26 Å². The van der Waals surface area contributed by atoms with Crippen LogP contribution in [0.4, 0.5) is 0 Å². The lowest BCUT2D eigenvalue weighted by Crippen LogP contribution is -2.52. The minimum Gasteiger partial charge on any atom is -0.489 e. The van der Waals surface area contributed by atoms with Crippen LogP contribution >= 0.6 is 11.6 Å². The molecule has 126 valence electrons. The van der Waals surface area contributed by atoms with E-state index >= 15 is 0 Å². The standard InChI is InChI=1S/C18H26ClN3O/c1-5-21-8-9-22(14(4)12-21)17(11-20)15-6-7-18(16(19)10-15)23-13(2)3/h6-7,10,13-14,17H,5,8-9,12H2,1-4H3. The molecule has 0 saturated carbocycles. The lowest BCUT2D eigenvalue weighted by molar-refractivity contribution is 0.0683. The van der Waals surface area contributed by atoms with Gasteiger partial charge in [-0.25, -0.2) is 0 Å². The average molecular weight is 336 g/mol. The molecule has 1 aliphatic heterocycles. The van der Waals surface area contributed by atoms with Crippen molar-refractivity contribution in [2.45, 2.75) is 45.9 Å². The molecule has 2 atom stereocenters. The van der Waals surface area contributed by atoms with Crippen LogP contribution in [0.25, 0.3) is 0 Å². The quantitative estimate of drug-likeness (QED) is 0.822. The first-order valence-corrected chi connectivity index (χ1v) is 8.67. The Morgan fingerprint density at radius 3 is 2.65 bits per heavy atom. The number of nitrogens with zero attached hydrogens (tertiary/aromatic N) is 3. The van der Waals surface area contributed by atoms with Crippen LogP contribution in [0.3, 0.4) is 0 Å². The van der Waals surface area contributed by atoms with Gasteiger partial charge in [0, 0.05) is 25.7 Å². The molecule has 1 saturated heterocycles. The molecule has 0 aromatic heterocycles. The molecule has 2 unspecified atom stereocenters. The van der Waals surface area contributed by atoms with E-state index in [2.05, 4.69) is 29.7 Å². The fourth-order valence-electron chi connectivity index (χ4n) is 3.09. The number of likely N-dealkylation sites (N-methyl/N-ethyl adjacent to an activating group) is 1. The highest BCUT2D eigenvalue weighted by Gasteiger charge is 2.30. The van der Waals surface area contributed by atoms with Crippen molar-refractivity contribution in [3.8, 4) is 11.8 Å². The fourth-order valence-corrected chi connectivity index (χ4v) is 3.33. The number of ether oxygens (including phenoxy) is 1. The van der Waals surface area contributed by atoms with Crippen LogP contribution in [0.15, 0.2) is 18.2 Å². The smallest absolute Gasteiger partial charge is 0.138 e. The number of nitriles is 1. The maximum atomic E-state index is 9.70. The van der Waals surface area contributed by atoms with Gasteiger partial charge in [0.2, 0.25) is 0 Å². The molecule has 0 N–H and O–H groups in total. The van der Waals surface area contributed by atoms with Gasteiger partial charge in [-0.15, -0.1) is 0 Å². The molecule has 1 heterocycles. The molecule has 4 nitrogen and oxygen atoms in total. The SMILES string of the molecule is CCN1CCN(C(C#N)c2ccc(OC(C)C)c(Cl)c2)C(C)C1. The van der Waals surface area contributed by atoms with Crippen molar-refractivity contribution in [2.24, 2.45) is 0 Å². The van der Waals surface area contributed by atoms with Crippen molar-refractivity contribution in [3.05, 3.63) is 28.8 Å². The molecule has 0 amide bonds. The molecule has 1 aromatic carbocycles. The second-order valence-corrected chi connectivity index (χ2v) is 6.78. The van der Waals surface area contributed by atoms with E-state index < -0.39 is 0 Å². The monoisotopic (exact) mass is 335 g/mol. The third kappa shape index (κ3) is 4.38. The van der Waals surface area contributed by atoms with E-state index in [1.165, 1.54) is 0 Å². The molecule has 0 aliphatic carbocycles. The predicted octanol–water partition coefficient (Wildman–Crippen LogP) is 3.72. The van der Waals surface area contributed by atoms with Crippen LogP contribution in [0, 0.1) is 11.3 Å². The van der Waals surface area contributed by atoms with Crippen LogP contribution in [-0.2, 0) is 0 Å². The first kappa shape index (κ1) is 18.1. The predicted molar refractivity (Wildman–Crippen MR) is 93.9 cm³/mol. The zero-order valence-electron chi connectivity index (χ0n) is 14.4. The summed E-state index contributed by atoms with van der Waals surface area (Å²) in [5.74, 6) is 0.672. The summed E-state index contributed by atoms with van der Waals surface area (Å²) in [5.41, 5.74) is 0.936. The fraction of sp³-hybridized carbons (Fsp3) is 0.611. The zero-order chi connectivity index (χ0) is 17.0. The molecule has 1 aliphatic rings. The van der Waals surface area contributed by atoms with Crippen molar-refractivity contribution in [3.63, 3.8) is 0 Å². The number of hydrogen-bond donors (Lipinski definition) is 0. The van der Waals surface area contributed by atoms with E-state index in [0.717, 1.165) is 31.7 Å². The Morgan fingerprint density at radius 1 is 1.39 bits per heavy atom. The lowest BCUT2D eigenvalue weighted by atomic mass is 10.0. The Kier molecular flexibility index (Phi) is 6.29. The third-order valence-electron chi connectivity index (χ3n) is 4.30. The Balaban J connectivity index is 2.18. The van der Waals surface area contributed by atoms with Crippen LogP contribution in [0.1, 0.15) is 39.3 Å². The van der Waals surface area contributed by atoms with E-state index in [1.807, 2.05) is 32.0 Å². The Labute approximate surface area is 144 Å².